The van der Waals surface area contributed by atoms with Crippen molar-refractivity contribution in [2.24, 2.45) is 5.73 Å². The molecule has 3 N–H and O–H groups in total. The van der Waals surface area contributed by atoms with Gasteiger partial charge in [-0.3, -0.25) is 4.79 Å². The lowest BCUT2D eigenvalue weighted by Gasteiger charge is -2.32. The predicted molar refractivity (Wildman–Crippen MR) is 132 cm³/mol. The van der Waals surface area contributed by atoms with Crippen molar-refractivity contribution in [3.63, 3.8) is 0 Å². The highest BCUT2D eigenvalue weighted by Crippen LogP contribution is 2.33. The monoisotopic (exact) mass is 492 g/mol. The van der Waals surface area contributed by atoms with E-state index in [0.29, 0.717) is 17.5 Å². The van der Waals surface area contributed by atoms with E-state index in [9.17, 15) is 9.18 Å². The first-order valence-electron chi connectivity index (χ1n) is 11.8. The first-order valence-corrected chi connectivity index (χ1v) is 11.8. The molecule has 3 aromatic heterocycles. The molecule has 36 heavy (non-hydrogen) atoms. The summed E-state index contributed by atoms with van der Waals surface area (Å²) < 4.78 is 31.4. The van der Waals surface area contributed by atoms with E-state index in [1.54, 1.807) is 0 Å². The molecule has 0 aliphatic carbocycles. The van der Waals surface area contributed by atoms with Gasteiger partial charge >= 0.3 is 0 Å². The van der Waals surface area contributed by atoms with E-state index in [4.69, 9.17) is 5.73 Å². The molecule has 0 unspecified atom stereocenters. The molecule has 1 aliphatic heterocycles. The van der Waals surface area contributed by atoms with E-state index in [1.807, 2.05) is 17.0 Å². The molecule has 0 bridgehead atoms. The predicted octanol–water partition coefficient (Wildman–Crippen LogP) is 4.31. The lowest BCUT2D eigenvalue weighted by Crippen LogP contribution is -2.35. The van der Waals surface area contributed by atoms with Crippen molar-refractivity contribution < 1.29 is 13.6 Å². The Labute approximate surface area is 206 Å². The Kier molecular flexibility index (Phi) is 6.21. The summed E-state index contributed by atoms with van der Waals surface area (Å²) in [7, 11) is 0. The quantitative estimate of drug-likeness (QED) is 0.412. The molecule has 4 aromatic rings. The minimum atomic E-state index is -0.738. The summed E-state index contributed by atoms with van der Waals surface area (Å²) in [6.45, 7) is 5.65. The molecule has 5 rings (SSSR count). The smallest absolute Gasteiger partial charge is 0.248 e. The zero-order chi connectivity index (χ0) is 25.4. The first kappa shape index (κ1) is 23.6. The molecular formula is C25H26F2N8O. The van der Waals surface area contributed by atoms with Crippen LogP contribution in [0.5, 0.6) is 0 Å². The molecule has 9 nitrogen and oxygen atoms in total. The zero-order valence-electron chi connectivity index (χ0n) is 19.9. The second-order valence-electron chi connectivity index (χ2n) is 9.18. The molecule has 1 fully saturated rings. The van der Waals surface area contributed by atoms with Gasteiger partial charge in [-0.25, -0.2) is 28.7 Å². The number of fused-ring (bicyclic) bond motifs is 1. The second kappa shape index (κ2) is 9.48. The van der Waals surface area contributed by atoms with Gasteiger partial charge in [0.15, 0.2) is 5.82 Å². The molecule has 4 heterocycles. The van der Waals surface area contributed by atoms with Gasteiger partial charge in [0.2, 0.25) is 11.9 Å². The fraction of sp³-hybridized carbons (Fsp3) is 0.320. The topological polar surface area (TPSA) is 115 Å². The van der Waals surface area contributed by atoms with E-state index in [1.165, 1.54) is 24.7 Å². The van der Waals surface area contributed by atoms with Crippen LogP contribution < -0.4 is 16.0 Å². The number of aromatic nitrogens is 5. The van der Waals surface area contributed by atoms with Crippen molar-refractivity contribution in [2.45, 2.75) is 38.6 Å². The van der Waals surface area contributed by atoms with Crippen molar-refractivity contribution in [1.82, 2.24) is 24.5 Å². The molecule has 1 amide bonds. The van der Waals surface area contributed by atoms with Crippen molar-refractivity contribution in [1.29, 1.82) is 0 Å². The number of piperidine rings is 1. The maximum atomic E-state index is 15.1. The standard InChI is InChI=1S/C25H26F2N8O/c1-14(2)16-10-29-25(30-11-16)34-7-5-17(6-8-34)35-12-19(27)21-23(31-13-32-24(21)35)33-20-4-3-15(22(28)36)9-18(20)26/h3-4,9-14,17H,5-8H2,1-2H3,(H2,28,36)(H,31,32,33). The molecule has 0 atom stereocenters. The average Bonchev–Trinajstić information content (AvgIpc) is 3.22. The fourth-order valence-electron chi connectivity index (χ4n) is 4.45. The third-order valence-corrected chi connectivity index (χ3v) is 6.54. The number of carbonyl (C=O) groups excluding carboxylic acids is 1. The van der Waals surface area contributed by atoms with Crippen molar-refractivity contribution in [3.8, 4) is 0 Å². The summed E-state index contributed by atoms with van der Waals surface area (Å²) in [4.78, 5) is 30.9. The summed E-state index contributed by atoms with van der Waals surface area (Å²) in [5.41, 5.74) is 6.80. The number of hydrogen-bond acceptors (Lipinski definition) is 7. The number of anilines is 3. The third-order valence-electron chi connectivity index (χ3n) is 6.54. The van der Waals surface area contributed by atoms with E-state index < -0.39 is 17.5 Å². The summed E-state index contributed by atoms with van der Waals surface area (Å²) in [5, 5.41) is 3.00. The van der Waals surface area contributed by atoms with Crippen LogP contribution in [0.4, 0.5) is 26.2 Å². The molecule has 1 aliphatic rings. The van der Waals surface area contributed by atoms with Gasteiger partial charge in [-0.1, -0.05) is 13.8 Å². The number of amides is 1. The Bertz CT molecular complexity index is 1410. The van der Waals surface area contributed by atoms with Crippen LogP contribution in [0.15, 0.2) is 43.1 Å². The number of nitrogens with one attached hydrogen (secondary N) is 1. The van der Waals surface area contributed by atoms with Gasteiger partial charge in [0.25, 0.3) is 0 Å². The minimum absolute atomic E-state index is 0.0255. The Hall–Kier alpha value is -4.15. The molecule has 0 saturated carbocycles. The highest BCUT2D eigenvalue weighted by Gasteiger charge is 2.26. The minimum Gasteiger partial charge on any atom is -0.366 e. The van der Waals surface area contributed by atoms with Crippen LogP contribution in [0.1, 0.15) is 54.6 Å². The van der Waals surface area contributed by atoms with E-state index in [2.05, 4.69) is 44.0 Å². The normalized spacial score (nSPS) is 14.5. The SMILES string of the molecule is CC(C)c1cnc(N2CCC(n3cc(F)c4c(Nc5ccc(C(N)=O)cc5F)ncnc43)CC2)nc1. The van der Waals surface area contributed by atoms with Gasteiger partial charge < -0.3 is 20.5 Å². The molecule has 11 heteroatoms. The third kappa shape index (κ3) is 4.43. The highest BCUT2D eigenvalue weighted by atomic mass is 19.1. The summed E-state index contributed by atoms with van der Waals surface area (Å²) >= 11 is 0. The van der Waals surface area contributed by atoms with Crippen LogP contribution in [0.3, 0.4) is 0 Å². The van der Waals surface area contributed by atoms with E-state index in [0.717, 1.165) is 37.6 Å². The number of hydrogen-bond donors (Lipinski definition) is 2. The lowest BCUT2D eigenvalue weighted by atomic mass is 10.1. The zero-order valence-corrected chi connectivity index (χ0v) is 19.9. The number of nitrogens with two attached hydrogens (primary N) is 1. The van der Waals surface area contributed by atoms with Crippen LogP contribution in [-0.2, 0) is 0 Å². The Morgan fingerprint density at radius 1 is 1.08 bits per heavy atom. The summed E-state index contributed by atoms with van der Waals surface area (Å²) in [5.74, 6) is -0.740. The number of nitrogens with zero attached hydrogens (tertiary/aromatic N) is 6. The largest absolute Gasteiger partial charge is 0.366 e. The number of carbonyl (C=O) groups is 1. The van der Waals surface area contributed by atoms with Gasteiger partial charge in [0, 0.05) is 43.3 Å². The Balaban J connectivity index is 1.36. The fourth-order valence-corrected chi connectivity index (χ4v) is 4.45. The number of halogens is 2. The van der Waals surface area contributed by atoms with Gasteiger partial charge in [-0.05, 0) is 42.5 Å². The number of primary amides is 1. The van der Waals surface area contributed by atoms with Gasteiger partial charge in [0.05, 0.1) is 11.1 Å². The second-order valence-corrected chi connectivity index (χ2v) is 9.18. The molecule has 1 aromatic carbocycles. The van der Waals surface area contributed by atoms with Gasteiger partial charge in [-0.15, -0.1) is 0 Å². The van der Waals surface area contributed by atoms with Crippen LogP contribution in [-0.4, -0.2) is 43.5 Å². The van der Waals surface area contributed by atoms with Crippen molar-refractivity contribution >= 4 is 34.4 Å². The lowest BCUT2D eigenvalue weighted by molar-refractivity contribution is 0.1000. The average molecular weight is 493 g/mol. The maximum absolute atomic E-state index is 15.1. The number of benzene rings is 1. The first-order chi connectivity index (χ1) is 17.3. The van der Waals surface area contributed by atoms with E-state index in [-0.39, 0.29) is 28.5 Å². The van der Waals surface area contributed by atoms with Crippen LogP contribution in [0, 0.1) is 11.6 Å². The maximum Gasteiger partial charge on any atom is 0.248 e. The molecule has 1 saturated heterocycles. The molecule has 0 spiro atoms. The Morgan fingerprint density at radius 3 is 2.44 bits per heavy atom. The molecular weight excluding hydrogens is 466 g/mol. The number of rotatable bonds is 6. The Morgan fingerprint density at radius 2 is 1.81 bits per heavy atom. The molecule has 0 radical (unpaired) electrons. The van der Waals surface area contributed by atoms with Crippen molar-refractivity contribution in [3.05, 3.63) is 65.9 Å². The van der Waals surface area contributed by atoms with Crippen LogP contribution in [0.25, 0.3) is 11.0 Å². The molecule has 186 valence electrons. The van der Waals surface area contributed by atoms with Crippen molar-refractivity contribution in [2.75, 3.05) is 23.3 Å². The summed E-state index contributed by atoms with van der Waals surface area (Å²) in [6.07, 6.45) is 7.98. The highest BCUT2D eigenvalue weighted by molar-refractivity contribution is 5.94. The van der Waals surface area contributed by atoms with Crippen LogP contribution in [0.2, 0.25) is 0 Å². The van der Waals surface area contributed by atoms with Crippen LogP contribution >= 0.6 is 0 Å². The summed E-state index contributed by atoms with van der Waals surface area (Å²) in [6, 6.07) is 3.81. The van der Waals surface area contributed by atoms with Gasteiger partial charge in [0.1, 0.15) is 23.6 Å². The van der Waals surface area contributed by atoms with Gasteiger partial charge in [-0.2, -0.15) is 0 Å². The van der Waals surface area contributed by atoms with E-state index >= 15 is 4.39 Å².